The van der Waals surface area contributed by atoms with E-state index in [-0.39, 0.29) is 6.61 Å². The Hall–Kier alpha value is -3.05. The second-order valence-electron chi connectivity index (χ2n) is 5.73. The number of carbonyl (C=O) groups is 1. The fourth-order valence-corrected chi connectivity index (χ4v) is 2.38. The summed E-state index contributed by atoms with van der Waals surface area (Å²) < 4.78 is 16.9. The number of hydrogen-bond donors (Lipinski definition) is 0. The molecule has 0 saturated heterocycles. The van der Waals surface area contributed by atoms with Crippen molar-refractivity contribution in [3.63, 3.8) is 0 Å². The van der Waals surface area contributed by atoms with Crippen molar-refractivity contribution >= 4 is 17.6 Å². The zero-order valence-corrected chi connectivity index (χ0v) is 15.4. The molecule has 0 aliphatic heterocycles. The number of halogens is 1. The van der Waals surface area contributed by atoms with Gasteiger partial charge in [0.15, 0.2) is 17.6 Å². The lowest BCUT2D eigenvalue weighted by atomic mass is 10.3. The number of hydrogen-bond acceptors (Lipinski definition) is 5. The zero-order chi connectivity index (χ0) is 19.1. The Kier molecular flexibility index (Phi) is 6.28. The number of benzene rings is 2. The quantitative estimate of drug-likeness (QED) is 0.535. The molecule has 0 aliphatic rings. The predicted molar refractivity (Wildman–Crippen MR) is 102 cm³/mol. The van der Waals surface area contributed by atoms with Gasteiger partial charge >= 0.3 is 5.97 Å². The molecule has 0 amide bonds. The van der Waals surface area contributed by atoms with Gasteiger partial charge < -0.3 is 14.2 Å². The van der Waals surface area contributed by atoms with Crippen LogP contribution < -0.4 is 9.47 Å². The highest BCUT2D eigenvalue weighted by Gasteiger charge is 2.18. The molecule has 1 atom stereocenters. The highest BCUT2D eigenvalue weighted by atomic mass is 35.5. The molecule has 0 aliphatic carbocycles. The summed E-state index contributed by atoms with van der Waals surface area (Å²) in [6.45, 7) is 1.77. The standard InChI is InChI=1S/C21H18ClNO4/c1-15(21(24)25-14-16-5-4-12-23-13-16)26-19-6-2-3-7-20(19)27-18-10-8-17(22)9-11-18/h2-13,15H,14H2,1H3. The van der Waals surface area contributed by atoms with Gasteiger partial charge in [0.25, 0.3) is 0 Å². The molecular formula is C21H18ClNO4. The Balaban J connectivity index is 1.62. The van der Waals surface area contributed by atoms with Gasteiger partial charge in [-0.3, -0.25) is 4.98 Å². The van der Waals surface area contributed by atoms with Crippen molar-refractivity contribution in [1.29, 1.82) is 0 Å². The minimum absolute atomic E-state index is 0.142. The van der Waals surface area contributed by atoms with Crippen LogP contribution in [0.15, 0.2) is 73.1 Å². The van der Waals surface area contributed by atoms with Gasteiger partial charge in [0.05, 0.1) is 0 Å². The minimum Gasteiger partial charge on any atom is -0.475 e. The lowest BCUT2D eigenvalue weighted by Gasteiger charge is -2.17. The van der Waals surface area contributed by atoms with Crippen LogP contribution in [0.1, 0.15) is 12.5 Å². The Morgan fingerprint density at radius 1 is 1.04 bits per heavy atom. The van der Waals surface area contributed by atoms with Crippen LogP contribution in [-0.2, 0) is 16.1 Å². The zero-order valence-electron chi connectivity index (χ0n) is 14.7. The minimum atomic E-state index is -0.795. The molecule has 27 heavy (non-hydrogen) atoms. The summed E-state index contributed by atoms with van der Waals surface area (Å²) in [6.07, 6.45) is 2.51. The van der Waals surface area contributed by atoms with Crippen molar-refractivity contribution in [3.05, 3.63) is 83.6 Å². The number of aromatic nitrogens is 1. The van der Waals surface area contributed by atoms with E-state index < -0.39 is 12.1 Å². The first-order chi connectivity index (χ1) is 13.1. The third kappa shape index (κ3) is 5.46. The van der Waals surface area contributed by atoms with Gasteiger partial charge in [-0.25, -0.2) is 4.79 Å². The van der Waals surface area contributed by atoms with E-state index in [0.717, 1.165) is 5.56 Å². The van der Waals surface area contributed by atoms with E-state index in [1.807, 2.05) is 12.1 Å². The maximum absolute atomic E-state index is 12.2. The topological polar surface area (TPSA) is 57.7 Å². The SMILES string of the molecule is CC(Oc1ccccc1Oc1ccc(Cl)cc1)C(=O)OCc1cccnc1. The number of carbonyl (C=O) groups excluding carboxylic acids is 1. The van der Waals surface area contributed by atoms with Crippen LogP contribution in [0, 0.1) is 0 Å². The number of nitrogens with zero attached hydrogens (tertiary/aromatic N) is 1. The predicted octanol–water partition coefficient (Wildman–Crippen LogP) is 5.04. The molecule has 0 spiro atoms. The summed E-state index contributed by atoms with van der Waals surface area (Å²) in [5.74, 6) is 1.08. The summed E-state index contributed by atoms with van der Waals surface area (Å²) >= 11 is 5.89. The molecule has 138 valence electrons. The van der Waals surface area contributed by atoms with E-state index in [2.05, 4.69) is 4.98 Å². The van der Waals surface area contributed by atoms with Crippen molar-refractivity contribution in [2.75, 3.05) is 0 Å². The Morgan fingerprint density at radius 2 is 1.78 bits per heavy atom. The maximum atomic E-state index is 12.2. The molecule has 0 radical (unpaired) electrons. The van der Waals surface area contributed by atoms with E-state index in [1.165, 1.54) is 0 Å². The summed E-state index contributed by atoms with van der Waals surface area (Å²) in [5.41, 5.74) is 0.810. The molecule has 3 rings (SSSR count). The van der Waals surface area contributed by atoms with Crippen molar-refractivity contribution in [1.82, 2.24) is 4.98 Å². The molecule has 0 N–H and O–H groups in total. The monoisotopic (exact) mass is 383 g/mol. The van der Waals surface area contributed by atoms with E-state index in [4.69, 9.17) is 25.8 Å². The van der Waals surface area contributed by atoms with Gasteiger partial charge in [-0.05, 0) is 49.4 Å². The highest BCUT2D eigenvalue weighted by Crippen LogP contribution is 2.32. The summed E-state index contributed by atoms with van der Waals surface area (Å²) in [5, 5.41) is 0.622. The van der Waals surface area contributed by atoms with Crippen molar-refractivity contribution in [2.24, 2.45) is 0 Å². The van der Waals surface area contributed by atoms with E-state index >= 15 is 0 Å². The van der Waals surface area contributed by atoms with Crippen LogP contribution in [-0.4, -0.2) is 17.1 Å². The molecule has 0 bridgehead atoms. The lowest BCUT2D eigenvalue weighted by Crippen LogP contribution is -2.26. The second-order valence-corrected chi connectivity index (χ2v) is 6.17. The number of ether oxygens (including phenoxy) is 3. The van der Waals surface area contributed by atoms with Crippen molar-refractivity contribution < 1.29 is 19.0 Å². The molecule has 5 nitrogen and oxygen atoms in total. The van der Waals surface area contributed by atoms with Crippen LogP contribution in [0.2, 0.25) is 5.02 Å². The number of para-hydroxylation sites is 2. The molecule has 1 unspecified atom stereocenters. The van der Waals surface area contributed by atoms with Crippen LogP contribution in [0.4, 0.5) is 0 Å². The van der Waals surface area contributed by atoms with E-state index in [9.17, 15) is 4.79 Å². The first-order valence-electron chi connectivity index (χ1n) is 8.36. The summed E-state index contributed by atoms with van der Waals surface area (Å²) in [7, 11) is 0. The van der Waals surface area contributed by atoms with Crippen LogP contribution in [0.3, 0.4) is 0 Å². The lowest BCUT2D eigenvalue weighted by molar-refractivity contribution is -0.152. The molecule has 2 aromatic carbocycles. The molecule has 6 heteroatoms. The fourth-order valence-electron chi connectivity index (χ4n) is 2.26. The third-order valence-electron chi connectivity index (χ3n) is 3.63. The first-order valence-corrected chi connectivity index (χ1v) is 8.74. The molecule has 3 aromatic rings. The summed E-state index contributed by atoms with van der Waals surface area (Å²) in [4.78, 5) is 16.2. The highest BCUT2D eigenvalue weighted by molar-refractivity contribution is 6.30. The van der Waals surface area contributed by atoms with Crippen LogP contribution >= 0.6 is 11.6 Å². The normalized spacial score (nSPS) is 11.5. The first kappa shape index (κ1) is 18.7. The van der Waals surface area contributed by atoms with Crippen molar-refractivity contribution in [2.45, 2.75) is 19.6 Å². The van der Waals surface area contributed by atoms with Gasteiger partial charge in [-0.2, -0.15) is 0 Å². The smallest absolute Gasteiger partial charge is 0.347 e. The average Bonchev–Trinajstić information content (AvgIpc) is 2.70. The third-order valence-corrected chi connectivity index (χ3v) is 3.88. The number of pyridine rings is 1. The largest absolute Gasteiger partial charge is 0.475 e. The van der Waals surface area contributed by atoms with E-state index in [0.29, 0.717) is 22.3 Å². The van der Waals surface area contributed by atoms with Gasteiger partial charge in [-0.1, -0.05) is 29.8 Å². The molecule has 1 heterocycles. The maximum Gasteiger partial charge on any atom is 0.347 e. The second kappa shape index (κ2) is 9.05. The molecule has 1 aromatic heterocycles. The number of rotatable bonds is 7. The Labute approximate surface area is 162 Å². The van der Waals surface area contributed by atoms with Crippen LogP contribution in [0.25, 0.3) is 0 Å². The average molecular weight is 384 g/mol. The van der Waals surface area contributed by atoms with Gasteiger partial charge in [-0.15, -0.1) is 0 Å². The molecular weight excluding hydrogens is 366 g/mol. The summed E-state index contributed by atoms with van der Waals surface area (Å²) in [6, 6.07) is 17.7. The van der Waals surface area contributed by atoms with E-state index in [1.54, 1.807) is 67.8 Å². The van der Waals surface area contributed by atoms with Gasteiger partial charge in [0.1, 0.15) is 12.4 Å². The van der Waals surface area contributed by atoms with Crippen molar-refractivity contribution in [3.8, 4) is 17.2 Å². The Morgan fingerprint density at radius 3 is 2.48 bits per heavy atom. The van der Waals surface area contributed by atoms with Crippen LogP contribution in [0.5, 0.6) is 17.2 Å². The molecule has 0 saturated carbocycles. The Bertz CT molecular complexity index is 884. The molecule has 0 fully saturated rings. The number of esters is 1. The fraction of sp³-hybridized carbons (Fsp3) is 0.143. The van der Waals surface area contributed by atoms with Gasteiger partial charge in [0.2, 0.25) is 0 Å². The van der Waals surface area contributed by atoms with Gasteiger partial charge in [0, 0.05) is 23.0 Å².